The molecule has 0 radical (unpaired) electrons. The van der Waals surface area contributed by atoms with Gasteiger partial charge in [-0.1, -0.05) is 0 Å². The zero-order valence-corrected chi connectivity index (χ0v) is 9.93. The molecule has 0 fully saturated rings. The summed E-state index contributed by atoms with van der Waals surface area (Å²) in [4.78, 5) is 22.1. The van der Waals surface area contributed by atoms with Crippen LogP contribution in [0.3, 0.4) is 0 Å². The van der Waals surface area contributed by atoms with E-state index >= 15 is 0 Å². The highest BCUT2D eigenvalue weighted by Gasteiger charge is 2.04. The molecular formula is C11H15N3O4. The second kappa shape index (κ2) is 7.25. The Bertz CT molecular complexity index is 405. The van der Waals surface area contributed by atoms with Crippen LogP contribution in [0.1, 0.15) is 0 Å². The number of carbonyl (C=O) groups is 2. The molecule has 18 heavy (non-hydrogen) atoms. The lowest BCUT2D eigenvalue weighted by Crippen LogP contribution is -2.34. The van der Waals surface area contributed by atoms with Crippen LogP contribution in [0.2, 0.25) is 0 Å². The van der Waals surface area contributed by atoms with E-state index in [0.29, 0.717) is 11.4 Å². The van der Waals surface area contributed by atoms with Gasteiger partial charge in [0, 0.05) is 5.69 Å². The van der Waals surface area contributed by atoms with E-state index in [4.69, 9.17) is 15.3 Å². The van der Waals surface area contributed by atoms with Gasteiger partial charge in [-0.05, 0) is 24.3 Å². The molecule has 0 bridgehead atoms. The molecule has 1 aromatic carbocycles. The average Bonchev–Trinajstić information content (AvgIpc) is 2.39. The fourth-order valence-electron chi connectivity index (χ4n) is 1.15. The molecular weight excluding hydrogens is 238 g/mol. The normalized spacial score (nSPS) is 9.67. The molecule has 0 spiro atoms. The van der Waals surface area contributed by atoms with E-state index in [0.717, 1.165) is 0 Å². The molecule has 1 rings (SSSR count). The summed E-state index contributed by atoms with van der Waals surface area (Å²) >= 11 is 0. The summed E-state index contributed by atoms with van der Waals surface area (Å²) in [6.45, 7) is -0.480. The maximum absolute atomic E-state index is 11.4. The van der Waals surface area contributed by atoms with Crippen LogP contribution < -0.4 is 21.3 Å². The molecule has 0 aromatic heterocycles. The third-order valence-corrected chi connectivity index (χ3v) is 2.00. The van der Waals surface area contributed by atoms with Gasteiger partial charge in [-0.15, -0.1) is 0 Å². The zero-order valence-electron chi connectivity index (χ0n) is 9.93. The number of nitrogens with two attached hydrogens (primary N) is 1. The summed E-state index contributed by atoms with van der Waals surface area (Å²) in [6.07, 6.45) is 0. The Labute approximate surface area is 104 Å². The molecule has 4 N–H and O–H groups in total. The topological polar surface area (TPSA) is 103 Å². The van der Waals surface area contributed by atoms with Crippen molar-refractivity contribution in [1.82, 2.24) is 5.43 Å². The molecule has 2 amide bonds. The SMILES string of the molecule is COc1ccc(NC(=O)COCC(=O)NN)cc1. The van der Waals surface area contributed by atoms with E-state index in [1.54, 1.807) is 31.4 Å². The summed E-state index contributed by atoms with van der Waals surface area (Å²) in [5.74, 6) is 4.70. The third-order valence-electron chi connectivity index (χ3n) is 2.00. The molecule has 7 heteroatoms. The van der Waals surface area contributed by atoms with Crippen molar-refractivity contribution in [1.29, 1.82) is 0 Å². The minimum absolute atomic E-state index is 0.223. The second-order valence-electron chi connectivity index (χ2n) is 3.34. The second-order valence-corrected chi connectivity index (χ2v) is 3.34. The molecule has 0 heterocycles. The number of carbonyl (C=O) groups excluding carboxylic acids is 2. The first-order chi connectivity index (χ1) is 8.65. The number of hydrazine groups is 1. The number of rotatable bonds is 6. The highest BCUT2D eigenvalue weighted by molar-refractivity contribution is 5.91. The maximum Gasteiger partial charge on any atom is 0.259 e. The lowest BCUT2D eigenvalue weighted by Gasteiger charge is -2.06. The van der Waals surface area contributed by atoms with Crippen molar-refractivity contribution in [3.8, 4) is 5.75 Å². The van der Waals surface area contributed by atoms with Gasteiger partial charge in [0.1, 0.15) is 19.0 Å². The van der Waals surface area contributed by atoms with E-state index in [-0.39, 0.29) is 19.1 Å². The fraction of sp³-hybridized carbons (Fsp3) is 0.273. The van der Waals surface area contributed by atoms with Gasteiger partial charge in [0.15, 0.2) is 0 Å². The number of hydrogen-bond acceptors (Lipinski definition) is 5. The van der Waals surface area contributed by atoms with Crippen molar-refractivity contribution in [3.63, 3.8) is 0 Å². The quantitative estimate of drug-likeness (QED) is 0.365. The van der Waals surface area contributed by atoms with Gasteiger partial charge in [-0.2, -0.15) is 0 Å². The van der Waals surface area contributed by atoms with Gasteiger partial charge in [-0.25, -0.2) is 5.84 Å². The van der Waals surface area contributed by atoms with Gasteiger partial charge < -0.3 is 14.8 Å². The molecule has 0 saturated heterocycles. The lowest BCUT2D eigenvalue weighted by atomic mass is 10.3. The molecule has 98 valence electrons. The summed E-state index contributed by atoms with van der Waals surface area (Å²) in [7, 11) is 1.56. The van der Waals surface area contributed by atoms with E-state index in [1.807, 2.05) is 5.43 Å². The highest BCUT2D eigenvalue weighted by Crippen LogP contribution is 2.14. The molecule has 0 atom stereocenters. The maximum atomic E-state index is 11.4. The Morgan fingerprint density at radius 1 is 1.17 bits per heavy atom. The van der Waals surface area contributed by atoms with Gasteiger partial charge >= 0.3 is 0 Å². The summed E-state index contributed by atoms with van der Waals surface area (Å²) in [5, 5.41) is 2.60. The first-order valence-electron chi connectivity index (χ1n) is 5.17. The Morgan fingerprint density at radius 2 is 1.78 bits per heavy atom. The van der Waals surface area contributed by atoms with Crippen molar-refractivity contribution in [2.75, 3.05) is 25.6 Å². The van der Waals surface area contributed by atoms with Gasteiger partial charge in [0.25, 0.3) is 5.91 Å². The standard InChI is InChI=1S/C11H15N3O4/c1-17-9-4-2-8(3-5-9)13-10(15)6-18-7-11(16)14-12/h2-5H,6-7,12H2,1H3,(H,13,15)(H,14,16). The fourth-order valence-corrected chi connectivity index (χ4v) is 1.15. The van der Waals surface area contributed by atoms with E-state index in [9.17, 15) is 9.59 Å². The van der Waals surface area contributed by atoms with Crippen LogP contribution in [0, 0.1) is 0 Å². The van der Waals surface area contributed by atoms with E-state index in [2.05, 4.69) is 5.32 Å². The minimum atomic E-state index is -0.493. The largest absolute Gasteiger partial charge is 0.497 e. The number of anilines is 1. The molecule has 7 nitrogen and oxygen atoms in total. The van der Waals surface area contributed by atoms with E-state index in [1.165, 1.54) is 0 Å². The monoisotopic (exact) mass is 253 g/mol. The number of benzene rings is 1. The highest BCUT2D eigenvalue weighted by atomic mass is 16.5. The van der Waals surface area contributed by atoms with Crippen molar-refractivity contribution in [2.45, 2.75) is 0 Å². The van der Waals surface area contributed by atoms with Crippen molar-refractivity contribution < 1.29 is 19.1 Å². The predicted molar refractivity (Wildman–Crippen MR) is 64.8 cm³/mol. The minimum Gasteiger partial charge on any atom is -0.497 e. The van der Waals surface area contributed by atoms with Gasteiger partial charge in [-0.3, -0.25) is 15.0 Å². The van der Waals surface area contributed by atoms with Gasteiger partial charge in [0.05, 0.1) is 7.11 Å². The Morgan fingerprint density at radius 3 is 2.33 bits per heavy atom. The lowest BCUT2D eigenvalue weighted by molar-refractivity contribution is -0.128. The van der Waals surface area contributed by atoms with Crippen LogP contribution in [0.25, 0.3) is 0 Å². The predicted octanol–water partition coefficient (Wildman–Crippen LogP) is -0.360. The van der Waals surface area contributed by atoms with E-state index < -0.39 is 5.91 Å². The van der Waals surface area contributed by atoms with Crippen molar-refractivity contribution in [2.24, 2.45) is 5.84 Å². The van der Waals surface area contributed by atoms with Crippen molar-refractivity contribution in [3.05, 3.63) is 24.3 Å². The molecule has 0 aliphatic rings. The first kappa shape index (κ1) is 13.9. The van der Waals surface area contributed by atoms with Crippen LogP contribution in [-0.4, -0.2) is 32.1 Å². The summed E-state index contributed by atoms with van der Waals surface area (Å²) in [6, 6.07) is 6.84. The van der Waals surface area contributed by atoms with Crippen LogP contribution in [0.5, 0.6) is 5.75 Å². The zero-order chi connectivity index (χ0) is 13.4. The number of nitrogens with one attached hydrogen (secondary N) is 2. The van der Waals surface area contributed by atoms with Crippen LogP contribution in [-0.2, 0) is 14.3 Å². The number of ether oxygens (including phenoxy) is 2. The Hall–Kier alpha value is -2.12. The van der Waals surface area contributed by atoms with Crippen molar-refractivity contribution >= 4 is 17.5 Å². The summed E-state index contributed by atoms with van der Waals surface area (Å²) in [5.41, 5.74) is 2.51. The van der Waals surface area contributed by atoms with Crippen LogP contribution >= 0.6 is 0 Å². The smallest absolute Gasteiger partial charge is 0.259 e. The molecule has 0 saturated carbocycles. The molecule has 1 aromatic rings. The summed E-state index contributed by atoms with van der Waals surface area (Å²) < 4.78 is 9.82. The average molecular weight is 253 g/mol. The molecule has 0 aliphatic heterocycles. The number of amides is 2. The third kappa shape index (κ3) is 4.81. The molecule has 0 aliphatic carbocycles. The number of hydrogen-bond donors (Lipinski definition) is 3. The van der Waals surface area contributed by atoms with Crippen LogP contribution in [0.15, 0.2) is 24.3 Å². The molecule has 0 unspecified atom stereocenters. The van der Waals surface area contributed by atoms with Gasteiger partial charge in [0.2, 0.25) is 5.91 Å². The Balaban J connectivity index is 2.32. The number of methoxy groups -OCH3 is 1. The van der Waals surface area contributed by atoms with Crippen LogP contribution in [0.4, 0.5) is 5.69 Å². The Kier molecular flexibility index (Phi) is 5.62. The first-order valence-corrected chi connectivity index (χ1v) is 5.17.